The number of hydrogen-bond donors (Lipinski definition) is 0. The molecule has 0 aliphatic rings. The second-order valence-corrected chi connectivity index (χ2v) is 5.24. The molecule has 18 heavy (non-hydrogen) atoms. The number of rotatable bonds is 9. The summed E-state index contributed by atoms with van der Waals surface area (Å²) in [4.78, 5) is 0. The molecule has 1 rings (SSSR count). The van der Waals surface area contributed by atoms with E-state index in [-0.39, 0.29) is 5.82 Å². The molecule has 0 bridgehead atoms. The third-order valence-electron chi connectivity index (χ3n) is 3.63. The fraction of sp³-hybridized carbons (Fsp3) is 0.647. The summed E-state index contributed by atoms with van der Waals surface area (Å²) in [5.41, 5.74) is 1.19. The molecule has 0 aliphatic heterocycles. The van der Waals surface area contributed by atoms with Crippen molar-refractivity contribution in [2.45, 2.75) is 71.1 Å². The van der Waals surface area contributed by atoms with E-state index in [1.807, 2.05) is 6.07 Å². The Morgan fingerprint density at radius 1 is 0.944 bits per heavy atom. The molecule has 1 unspecified atom stereocenters. The molecule has 0 aliphatic carbocycles. The summed E-state index contributed by atoms with van der Waals surface area (Å²) in [6, 6.07) is 7.19. The van der Waals surface area contributed by atoms with Gasteiger partial charge >= 0.3 is 0 Å². The largest absolute Gasteiger partial charge is 0.207 e. The lowest BCUT2D eigenvalue weighted by Crippen LogP contribution is -2.00. The van der Waals surface area contributed by atoms with E-state index in [2.05, 4.69) is 19.9 Å². The molecule has 1 heteroatoms. The van der Waals surface area contributed by atoms with Gasteiger partial charge in [0.2, 0.25) is 0 Å². The predicted molar refractivity (Wildman–Crippen MR) is 77.4 cm³/mol. The first-order chi connectivity index (χ1) is 8.77. The average molecular weight is 250 g/mol. The summed E-state index contributed by atoms with van der Waals surface area (Å²) < 4.78 is 13.3. The Labute approximate surface area is 112 Å². The molecule has 102 valence electrons. The Hall–Kier alpha value is -0.850. The SMILES string of the molecule is CCCCCCC(CCCC)c1cccc(F)c1. The average Bonchev–Trinajstić information content (AvgIpc) is 2.38. The Balaban J connectivity index is 2.54. The first kappa shape index (κ1) is 15.2. The highest BCUT2D eigenvalue weighted by Crippen LogP contribution is 2.28. The molecule has 1 aromatic rings. The maximum atomic E-state index is 13.3. The maximum absolute atomic E-state index is 13.3. The lowest BCUT2D eigenvalue weighted by atomic mass is 9.88. The number of halogens is 1. The third kappa shape index (κ3) is 5.66. The van der Waals surface area contributed by atoms with Gasteiger partial charge in [0.25, 0.3) is 0 Å². The van der Waals surface area contributed by atoms with Crippen molar-refractivity contribution in [2.24, 2.45) is 0 Å². The minimum absolute atomic E-state index is 0.0949. The van der Waals surface area contributed by atoms with Crippen molar-refractivity contribution in [2.75, 3.05) is 0 Å². The predicted octanol–water partition coefficient (Wildman–Crippen LogP) is 6.07. The van der Waals surface area contributed by atoms with Crippen LogP contribution in [0.4, 0.5) is 4.39 Å². The van der Waals surface area contributed by atoms with Crippen LogP contribution in [0.1, 0.15) is 76.7 Å². The van der Waals surface area contributed by atoms with E-state index in [1.165, 1.54) is 63.0 Å². The minimum Gasteiger partial charge on any atom is -0.207 e. The van der Waals surface area contributed by atoms with E-state index in [0.29, 0.717) is 5.92 Å². The smallest absolute Gasteiger partial charge is 0.123 e. The van der Waals surface area contributed by atoms with Gasteiger partial charge in [0.1, 0.15) is 5.82 Å². The van der Waals surface area contributed by atoms with Crippen molar-refractivity contribution in [3.8, 4) is 0 Å². The third-order valence-corrected chi connectivity index (χ3v) is 3.63. The lowest BCUT2D eigenvalue weighted by Gasteiger charge is -2.17. The molecule has 0 amide bonds. The zero-order valence-corrected chi connectivity index (χ0v) is 11.9. The van der Waals surface area contributed by atoms with E-state index in [9.17, 15) is 4.39 Å². The molecule has 0 nitrogen and oxygen atoms in total. The van der Waals surface area contributed by atoms with Crippen LogP contribution in [0.25, 0.3) is 0 Å². The standard InChI is InChI=1S/C17H27F/c1-3-5-7-8-11-15(10-6-4-2)16-12-9-13-17(18)14-16/h9,12-15H,3-8,10-11H2,1-2H3. The molecule has 0 saturated carbocycles. The minimum atomic E-state index is -0.0949. The molecule has 0 spiro atoms. The Kier molecular flexibility index (Phi) is 7.71. The van der Waals surface area contributed by atoms with Crippen LogP contribution >= 0.6 is 0 Å². The van der Waals surface area contributed by atoms with Gasteiger partial charge in [-0.25, -0.2) is 4.39 Å². The zero-order valence-electron chi connectivity index (χ0n) is 11.9. The Morgan fingerprint density at radius 2 is 1.67 bits per heavy atom. The molecule has 0 saturated heterocycles. The summed E-state index contributed by atoms with van der Waals surface area (Å²) in [5, 5.41) is 0. The summed E-state index contributed by atoms with van der Waals surface area (Å²) in [5.74, 6) is 0.458. The van der Waals surface area contributed by atoms with Crippen molar-refractivity contribution in [3.63, 3.8) is 0 Å². The number of benzene rings is 1. The molecule has 0 aromatic heterocycles. The number of unbranched alkanes of at least 4 members (excludes halogenated alkanes) is 4. The highest BCUT2D eigenvalue weighted by molar-refractivity contribution is 5.20. The van der Waals surface area contributed by atoms with Crippen molar-refractivity contribution in [1.82, 2.24) is 0 Å². The maximum Gasteiger partial charge on any atom is 0.123 e. The summed E-state index contributed by atoms with van der Waals surface area (Å²) >= 11 is 0. The first-order valence-corrected chi connectivity index (χ1v) is 7.53. The molecule has 1 aromatic carbocycles. The van der Waals surface area contributed by atoms with Crippen LogP contribution in [0.2, 0.25) is 0 Å². The van der Waals surface area contributed by atoms with Crippen LogP contribution in [0.15, 0.2) is 24.3 Å². The zero-order chi connectivity index (χ0) is 13.2. The van der Waals surface area contributed by atoms with E-state index in [1.54, 1.807) is 6.07 Å². The Morgan fingerprint density at radius 3 is 2.33 bits per heavy atom. The van der Waals surface area contributed by atoms with Gasteiger partial charge in [-0.2, -0.15) is 0 Å². The highest BCUT2D eigenvalue weighted by atomic mass is 19.1. The van der Waals surface area contributed by atoms with Crippen molar-refractivity contribution < 1.29 is 4.39 Å². The van der Waals surface area contributed by atoms with Gasteiger partial charge in [0.05, 0.1) is 0 Å². The van der Waals surface area contributed by atoms with E-state index >= 15 is 0 Å². The van der Waals surface area contributed by atoms with Gasteiger partial charge in [0.15, 0.2) is 0 Å². The van der Waals surface area contributed by atoms with Gasteiger partial charge in [-0.3, -0.25) is 0 Å². The second kappa shape index (κ2) is 9.13. The van der Waals surface area contributed by atoms with Gasteiger partial charge in [-0.15, -0.1) is 0 Å². The van der Waals surface area contributed by atoms with Crippen LogP contribution in [0, 0.1) is 5.82 Å². The highest BCUT2D eigenvalue weighted by Gasteiger charge is 2.11. The first-order valence-electron chi connectivity index (χ1n) is 7.53. The molecule has 0 radical (unpaired) electrons. The molecule has 0 fully saturated rings. The molecular weight excluding hydrogens is 223 g/mol. The number of hydrogen-bond acceptors (Lipinski definition) is 0. The molecular formula is C17H27F. The van der Waals surface area contributed by atoms with E-state index in [4.69, 9.17) is 0 Å². The fourth-order valence-electron chi connectivity index (χ4n) is 2.51. The van der Waals surface area contributed by atoms with E-state index in [0.717, 1.165) is 0 Å². The normalized spacial score (nSPS) is 12.6. The van der Waals surface area contributed by atoms with Crippen LogP contribution < -0.4 is 0 Å². The van der Waals surface area contributed by atoms with Crippen molar-refractivity contribution in [3.05, 3.63) is 35.6 Å². The topological polar surface area (TPSA) is 0 Å². The van der Waals surface area contributed by atoms with Crippen LogP contribution in [-0.4, -0.2) is 0 Å². The monoisotopic (exact) mass is 250 g/mol. The quantitative estimate of drug-likeness (QED) is 0.467. The van der Waals surface area contributed by atoms with E-state index < -0.39 is 0 Å². The van der Waals surface area contributed by atoms with Crippen LogP contribution in [-0.2, 0) is 0 Å². The fourth-order valence-corrected chi connectivity index (χ4v) is 2.51. The second-order valence-electron chi connectivity index (χ2n) is 5.24. The van der Waals surface area contributed by atoms with Crippen LogP contribution in [0.3, 0.4) is 0 Å². The van der Waals surface area contributed by atoms with Gasteiger partial charge in [-0.05, 0) is 36.5 Å². The van der Waals surface area contributed by atoms with Gasteiger partial charge < -0.3 is 0 Å². The van der Waals surface area contributed by atoms with Gasteiger partial charge in [-0.1, -0.05) is 64.5 Å². The summed E-state index contributed by atoms with van der Waals surface area (Å²) in [6.07, 6.45) is 10.1. The van der Waals surface area contributed by atoms with Crippen LogP contribution in [0.5, 0.6) is 0 Å². The molecule has 1 atom stereocenters. The van der Waals surface area contributed by atoms with Crippen molar-refractivity contribution >= 4 is 0 Å². The lowest BCUT2D eigenvalue weighted by molar-refractivity contribution is 0.505. The Bertz CT molecular complexity index is 319. The van der Waals surface area contributed by atoms with Crippen molar-refractivity contribution in [1.29, 1.82) is 0 Å². The summed E-state index contributed by atoms with van der Waals surface area (Å²) in [6.45, 7) is 4.46. The summed E-state index contributed by atoms with van der Waals surface area (Å²) in [7, 11) is 0. The van der Waals surface area contributed by atoms with Gasteiger partial charge in [0, 0.05) is 0 Å². The molecule has 0 heterocycles. The molecule has 0 N–H and O–H groups in total.